The molecule has 0 saturated heterocycles. The Hall–Kier alpha value is -1.50. The van der Waals surface area contributed by atoms with E-state index in [1.165, 1.54) is 51.4 Å². The number of fused-ring (bicyclic) bond motifs is 5. The average Bonchev–Trinajstić information content (AvgIpc) is 3.31. The number of Topliss-reactive ketones (excluding diaryl/α,β-unsaturated/α-hetero) is 1. The SMILES string of the molecule is CCCCCCCCCCCCCC(=O)O[C@@]12C[C@@H](C)[C@]3(O)[C@H]4C=C(C)C(=O)[C@@]4(O)CC(CO)=C[C@H]3[C@H]1C2(C)C. The second kappa shape index (κ2) is 12.0. The van der Waals surface area contributed by atoms with Gasteiger partial charge in [-0.25, -0.2) is 0 Å². The molecule has 0 unspecified atom stereocenters. The molecule has 4 rings (SSSR count). The molecule has 40 heavy (non-hydrogen) atoms. The van der Waals surface area contributed by atoms with E-state index in [1.54, 1.807) is 13.0 Å². The number of esters is 1. The summed E-state index contributed by atoms with van der Waals surface area (Å²) in [4.78, 5) is 26.2. The highest BCUT2D eigenvalue weighted by Crippen LogP contribution is 2.76. The molecular weight excluding hydrogens is 504 g/mol. The van der Waals surface area contributed by atoms with Gasteiger partial charge in [-0.15, -0.1) is 0 Å². The quantitative estimate of drug-likeness (QED) is 0.133. The summed E-state index contributed by atoms with van der Waals surface area (Å²) in [5.41, 5.74) is -3.20. The minimum Gasteiger partial charge on any atom is -0.458 e. The van der Waals surface area contributed by atoms with Crippen LogP contribution < -0.4 is 0 Å². The molecule has 0 aromatic heterocycles. The summed E-state index contributed by atoms with van der Waals surface area (Å²) in [5.74, 6) is -2.25. The highest BCUT2D eigenvalue weighted by Gasteiger charge is 2.83. The van der Waals surface area contributed by atoms with E-state index in [4.69, 9.17) is 4.74 Å². The molecule has 2 saturated carbocycles. The minimum absolute atomic E-state index is 0.00512. The fourth-order valence-electron chi connectivity index (χ4n) is 8.79. The van der Waals surface area contributed by atoms with Gasteiger partial charge in [-0.1, -0.05) is 104 Å². The number of unbranched alkanes of at least 4 members (excludes halogenated alkanes) is 10. The number of hydrogen-bond donors (Lipinski definition) is 3. The molecule has 4 aliphatic rings. The highest BCUT2D eigenvalue weighted by molar-refractivity contribution is 6.04. The van der Waals surface area contributed by atoms with Gasteiger partial charge >= 0.3 is 5.97 Å². The van der Waals surface area contributed by atoms with Crippen molar-refractivity contribution >= 4 is 11.8 Å². The minimum atomic E-state index is -1.76. The van der Waals surface area contributed by atoms with Gasteiger partial charge < -0.3 is 20.1 Å². The number of ether oxygens (including phenoxy) is 1. The monoisotopic (exact) mass is 558 g/mol. The van der Waals surface area contributed by atoms with Crippen molar-refractivity contribution in [3.8, 4) is 0 Å². The predicted molar refractivity (Wildman–Crippen MR) is 156 cm³/mol. The smallest absolute Gasteiger partial charge is 0.306 e. The van der Waals surface area contributed by atoms with Gasteiger partial charge in [0.2, 0.25) is 0 Å². The van der Waals surface area contributed by atoms with Crippen molar-refractivity contribution in [2.75, 3.05) is 6.61 Å². The first kappa shape index (κ1) is 31.4. The Bertz CT molecular complexity index is 1010. The van der Waals surface area contributed by atoms with E-state index in [0.717, 1.165) is 19.3 Å². The first-order chi connectivity index (χ1) is 18.9. The second-order valence-corrected chi connectivity index (χ2v) is 14.1. The summed E-state index contributed by atoms with van der Waals surface area (Å²) in [6.07, 6.45) is 18.0. The lowest BCUT2D eigenvalue weighted by Crippen LogP contribution is -2.61. The lowest BCUT2D eigenvalue weighted by molar-refractivity contribution is -0.187. The van der Waals surface area contributed by atoms with Crippen LogP contribution in [0.2, 0.25) is 0 Å². The van der Waals surface area contributed by atoms with Crippen molar-refractivity contribution in [1.29, 1.82) is 0 Å². The van der Waals surface area contributed by atoms with Crippen molar-refractivity contribution in [1.82, 2.24) is 0 Å². The standard InChI is InChI=1S/C34H54O6/c1-6-7-8-9-10-11-12-13-14-15-16-17-28(36)40-33-20-24(3)34(39)26(29(33)31(33,4)5)19-25(22-35)21-32(38)27(34)18-23(2)30(32)37/h18-19,24,26-27,29,35,38-39H,6-17,20-22H2,1-5H3/t24-,26+,27+,29+,32-,33+,34-/m1/s1. The largest absolute Gasteiger partial charge is 0.458 e. The predicted octanol–water partition coefficient (Wildman–Crippen LogP) is 6.21. The summed E-state index contributed by atoms with van der Waals surface area (Å²) >= 11 is 0. The van der Waals surface area contributed by atoms with E-state index >= 15 is 0 Å². The Balaban J connectivity index is 1.37. The molecular formula is C34H54O6. The zero-order chi connectivity index (χ0) is 29.3. The number of aliphatic hydroxyl groups is 3. The topological polar surface area (TPSA) is 104 Å². The molecule has 226 valence electrons. The van der Waals surface area contributed by atoms with Gasteiger partial charge in [0, 0.05) is 36.0 Å². The Morgan fingerprint density at radius 2 is 1.55 bits per heavy atom. The van der Waals surface area contributed by atoms with Crippen LogP contribution in [0.1, 0.15) is 125 Å². The molecule has 6 heteroatoms. The number of ketones is 1. The van der Waals surface area contributed by atoms with E-state index in [9.17, 15) is 24.9 Å². The van der Waals surface area contributed by atoms with Crippen molar-refractivity contribution in [2.24, 2.45) is 29.1 Å². The van der Waals surface area contributed by atoms with Gasteiger partial charge in [0.25, 0.3) is 0 Å². The molecule has 0 bridgehead atoms. The molecule has 0 amide bonds. The van der Waals surface area contributed by atoms with Crippen LogP contribution in [0.3, 0.4) is 0 Å². The Morgan fingerprint density at radius 1 is 0.975 bits per heavy atom. The lowest BCUT2D eigenvalue weighted by Gasteiger charge is -2.50. The summed E-state index contributed by atoms with van der Waals surface area (Å²) in [6, 6.07) is 0. The van der Waals surface area contributed by atoms with Gasteiger partial charge in [0.1, 0.15) is 11.2 Å². The third kappa shape index (κ3) is 5.26. The Morgan fingerprint density at radius 3 is 2.12 bits per heavy atom. The number of carbonyl (C=O) groups is 2. The van der Waals surface area contributed by atoms with Gasteiger partial charge in [-0.05, 0) is 36.8 Å². The van der Waals surface area contributed by atoms with Crippen molar-refractivity contribution in [3.05, 3.63) is 23.3 Å². The summed E-state index contributed by atoms with van der Waals surface area (Å²) in [5, 5.41) is 34.2. The van der Waals surface area contributed by atoms with Crippen LogP contribution in [0.5, 0.6) is 0 Å². The molecule has 2 fully saturated rings. The number of carbonyl (C=O) groups excluding carboxylic acids is 2. The van der Waals surface area contributed by atoms with E-state index in [0.29, 0.717) is 24.0 Å². The normalized spacial score (nSPS) is 37.5. The van der Waals surface area contributed by atoms with E-state index in [2.05, 4.69) is 20.8 Å². The molecule has 0 heterocycles. The molecule has 6 nitrogen and oxygen atoms in total. The first-order valence-corrected chi connectivity index (χ1v) is 16.1. The maximum absolute atomic E-state index is 13.1. The van der Waals surface area contributed by atoms with E-state index in [1.807, 2.05) is 13.0 Å². The molecule has 0 aliphatic heterocycles. The lowest BCUT2D eigenvalue weighted by atomic mass is 9.60. The molecule has 0 aromatic carbocycles. The van der Waals surface area contributed by atoms with Gasteiger partial charge in [-0.2, -0.15) is 0 Å². The fraction of sp³-hybridized carbons (Fsp3) is 0.824. The summed E-state index contributed by atoms with van der Waals surface area (Å²) in [6.45, 7) is 9.77. The second-order valence-electron chi connectivity index (χ2n) is 14.1. The van der Waals surface area contributed by atoms with Crippen LogP contribution in [0.15, 0.2) is 23.3 Å². The molecule has 0 radical (unpaired) electrons. The van der Waals surface area contributed by atoms with Crippen LogP contribution in [-0.2, 0) is 14.3 Å². The maximum Gasteiger partial charge on any atom is 0.306 e. The Kier molecular flexibility index (Phi) is 9.44. The van der Waals surface area contributed by atoms with Gasteiger partial charge in [0.05, 0.1) is 12.2 Å². The Labute approximate surface area is 241 Å². The van der Waals surface area contributed by atoms with Crippen molar-refractivity contribution in [2.45, 2.75) is 141 Å². The number of aliphatic hydroxyl groups excluding tert-OH is 1. The summed E-state index contributed by atoms with van der Waals surface area (Å²) in [7, 11) is 0. The first-order valence-electron chi connectivity index (χ1n) is 16.1. The number of hydrogen-bond acceptors (Lipinski definition) is 6. The molecule has 3 N–H and O–H groups in total. The van der Waals surface area contributed by atoms with Crippen LogP contribution in [0.25, 0.3) is 0 Å². The van der Waals surface area contributed by atoms with Gasteiger partial charge in [-0.3, -0.25) is 9.59 Å². The zero-order valence-electron chi connectivity index (χ0n) is 25.6. The van der Waals surface area contributed by atoms with Crippen LogP contribution in [0.4, 0.5) is 0 Å². The molecule has 7 atom stereocenters. The van der Waals surface area contributed by atoms with E-state index < -0.39 is 28.6 Å². The molecule has 0 aromatic rings. The zero-order valence-corrected chi connectivity index (χ0v) is 25.6. The third-order valence-corrected chi connectivity index (χ3v) is 11.2. The van der Waals surface area contributed by atoms with Crippen LogP contribution in [-0.4, -0.2) is 50.5 Å². The molecule has 4 aliphatic carbocycles. The van der Waals surface area contributed by atoms with Gasteiger partial charge in [0.15, 0.2) is 5.78 Å². The van der Waals surface area contributed by atoms with Crippen LogP contribution >= 0.6 is 0 Å². The van der Waals surface area contributed by atoms with Crippen LogP contribution in [0, 0.1) is 29.1 Å². The summed E-state index contributed by atoms with van der Waals surface area (Å²) < 4.78 is 6.33. The van der Waals surface area contributed by atoms with E-state index in [-0.39, 0.29) is 42.0 Å². The maximum atomic E-state index is 13.1. The third-order valence-electron chi connectivity index (χ3n) is 11.2. The average molecular weight is 559 g/mol. The fourth-order valence-corrected chi connectivity index (χ4v) is 8.79. The molecule has 0 spiro atoms. The number of rotatable bonds is 14. The van der Waals surface area contributed by atoms with Crippen molar-refractivity contribution < 1.29 is 29.6 Å². The highest BCUT2D eigenvalue weighted by atomic mass is 16.6. The van der Waals surface area contributed by atoms with Crippen molar-refractivity contribution in [3.63, 3.8) is 0 Å².